The molecule has 164 valence electrons. The zero-order chi connectivity index (χ0) is 23.0. The van der Waals surface area contributed by atoms with E-state index >= 15 is 0 Å². The van der Waals surface area contributed by atoms with Crippen molar-refractivity contribution >= 4 is 39.1 Å². The van der Waals surface area contributed by atoms with Crippen molar-refractivity contribution in [2.45, 2.75) is 38.6 Å². The molecule has 0 atom stereocenters. The number of fused-ring (bicyclic) bond motifs is 1. The number of Topliss-reactive ketones (excluding diaryl/α,β-unsaturated/α-hetero) is 1. The first-order valence-corrected chi connectivity index (χ1v) is 12.0. The number of hydrogen-bond donors (Lipinski definition) is 0. The van der Waals surface area contributed by atoms with Crippen LogP contribution in [0.3, 0.4) is 0 Å². The predicted molar refractivity (Wildman–Crippen MR) is 132 cm³/mol. The number of hydrogen-bond acceptors (Lipinski definition) is 6. The molecule has 0 bridgehead atoms. The fraction of sp³-hybridized carbons (Fsp3) is 0.240. The normalized spacial score (nSPS) is 11.2. The van der Waals surface area contributed by atoms with E-state index in [2.05, 4.69) is 0 Å². The van der Waals surface area contributed by atoms with E-state index in [0.717, 1.165) is 32.1 Å². The monoisotopic (exact) mass is 464 g/mol. The SMILES string of the molecule is COc1ccc(C(C)=O)cc1CSc1nc2sc(C)c(C)c2c(=O)n1-c1ccccc1C. The number of thiophene rings is 1. The summed E-state index contributed by atoms with van der Waals surface area (Å²) in [4.78, 5) is 32.3. The maximum Gasteiger partial charge on any atom is 0.267 e. The Morgan fingerprint density at radius 2 is 1.91 bits per heavy atom. The lowest BCUT2D eigenvalue weighted by atomic mass is 10.1. The van der Waals surface area contributed by atoms with E-state index < -0.39 is 0 Å². The van der Waals surface area contributed by atoms with E-state index in [4.69, 9.17) is 9.72 Å². The summed E-state index contributed by atoms with van der Waals surface area (Å²) >= 11 is 3.01. The van der Waals surface area contributed by atoms with Crippen molar-refractivity contribution in [1.82, 2.24) is 9.55 Å². The van der Waals surface area contributed by atoms with Gasteiger partial charge in [-0.15, -0.1) is 11.3 Å². The summed E-state index contributed by atoms with van der Waals surface area (Å²) in [6.07, 6.45) is 0. The molecule has 0 aliphatic rings. The standard InChI is InChI=1S/C25H24N2O3S2/c1-14-8-6-7-9-20(14)27-24(29)22-15(2)17(4)32-23(22)26-25(27)31-13-19-12-18(16(3)28)10-11-21(19)30-5/h6-12H,13H2,1-5H3. The van der Waals surface area contributed by atoms with Gasteiger partial charge in [-0.1, -0.05) is 30.0 Å². The van der Waals surface area contributed by atoms with Crippen molar-refractivity contribution in [3.63, 3.8) is 0 Å². The number of thioether (sulfide) groups is 1. The molecule has 4 aromatic rings. The van der Waals surface area contributed by atoms with Crippen LogP contribution in [0.1, 0.15) is 38.8 Å². The minimum Gasteiger partial charge on any atom is -0.496 e. The van der Waals surface area contributed by atoms with E-state index in [1.165, 1.54) is 11.8 Å². The molecule has 32 heavy (non-hydrogen) atoms. The van der Waals surface area contributed by atoms with Gasteiger partial charge in [-0.25, -0.2) is 4.98 Å². The van der Waals surface area contributed by atoms with Crippen molar-refractivity contribution < 1.29 is 9.53 Å². The van der Waals surface area contributed by atoms with Crippen molar-refractivity contribution in [3.8, 4) is 11.4 Å². The van der Waals surface area contributed by atoms with Crippen LogP contribution in [0.5, 0.6) is 5.75 Å². The van der Waals surface area contributed by atoms with E-state index in [-0.39, 0.29) is 11.3 Å². The molecule has 0 radical (unpaired) electrons. The summed E-state index contributed by atoms with van der Waals surface area (Å²) in [7, 11) is 1.61. The molecule has 0 aliphatic heterocycles. The maximum absolute atomic E-state index is 13.7. The number of rotatable bonds is 6. The summed E-state index contributed by atoms with van der Waals surface area (Å²) in [5, 5.41) is 1.30. The number of benzene rings is 2. The molecule has 7 heteroatoms. The second kappa shape index (κ2) is 8.92. The molecule has 0 N–H and O–H groups in total. The topological polar surface area (TPSA) is 61.2 Å². The first kappa shape index (κ1) is 22.3. The third-order valence-electron chi connectivity index (χ3n) is 5.57. The Bertz CT molecular complexity index is 1400. The van der Waals surface area contributed by atoms with E-state index in [1.807, 2.05) is 57.2 Å². The van der Waals surface area contributed by atoms with Crippen LogP contribution >= 0.6 is 23.1 Å². The highest BCUT2D eigenvalue weighted by Crippen LogP contribution is 2.33. The summed E-state index contributed by atoms with van der Waals surface area (Å²) in [5.41, 5.74) is 4.26. The molecule has 4 rings (SSSR count). The summed E-state index contributed by atoms with van der Waals surface area (Å²) in [5.74, 6) is 1.22. The van der Waals surface area contributed by atoms with Crippen molar-refractivity contribution in [3.05, 3.63) is 79.9 Å². The Hall–Kier alpha value is -2.90. The molecule has 2 aromatic carbocycles. The zero-order valence-electron chi connectivity index (χ0n) is 18.7. The molecule has 5 nitrogen and oxygen atoms in total. The quantitative estimate of drug-likeness (QED) is 0.203. The van der Waals surface area contributed by atoms with Gasteiger partial charge in [-0.2, -0.15) is 0 Å². The molecular formula is C25H24N2O3S2. The van der Waals surface area contributed by atoms with Crippen LogP contribution < -0.4 is 10.3 Å². The van der Waals surface area contributed by atoms with Crippen LogP contribution in [-0.2, 0) is 5.75 Å². The van der Waals surface area contributed by atoms with Gasteiger partial charge < -0.3 is 4.74 Å². The number of aromatic nitrogens is 2. The predicted octanol–water partition coefficient (Wildman–Crippen LogP) is 5.88. The summed E-state index contributed by atoms with van der Waals surface area (Å²) in [6, 6.07) is 13.2. The molecule has 0 fully saturated rings. The van der Waals surface area contributed by atoms with Gasteiger partial charge in [0.1, 0.15) is 10.6 Å². The van der Waals surface area contributed by atoms with Crippen LogP contribution in [0.15, 0.2) is 52.4 Å². The molecule has 2 aromatic heterocycles. The highest BCUT2D eigenvalue weighted by molar-refractivity contribution is 7.98. The van der Waals surface area contributed by atoms with Gasteiger partial charge in [-0.05, 0) is 63.1 Å². The van der Waals surface area contributed by atoms with Crippen LogP contribution in [-0.4, -0.2) is 22.4 Å². The average molecular weight is 465 g/mol. The van der Waals surface area contributed by atoms with Gasteiger partial charge in [0, 0.05) is 21.8 Å². The Morgan fingerprint density at radius 1 is 1.16 bits per heavy atom. The van der Waals surface area contributed by atoms with Gasteiger partial charge in [0.05, 0.1) is 18.2 Å². The molecule has 0 spiro atoms. The van der Waals surface area contributed by atoms with Gasteiger partial charge in [0.2, 0.25) is 0 Å². The largest absolute Gasteiger partial charge is 0.496 e. The van der Waals surface area contributed by atoms with E-state index in [9.17, 15) is 9.59 Å². The zero-order valence-corrected chi connectivity index (χ0v) is 20.3. The number of aryl methyl sites for hydroxylation is 3. The molecule has 0 amide bonds. The Kier molecular flexibility index (Phi) is 6.22. The first-order valence-electron chi connectivity index (χ1n) is 10.2. The average Bonchev–Trinajstić information content (AvgIpc) is 3.06. The second-order valence-corrected chi connectivity index (χ2v) is 9.80. The molecular weight excluding hydrogens is 440 g/mol. The van der Waals surface area contributed by atoms with E-state index in [0.29, 0.717) is 27.6 Å². The van der Waals surface area contributed by atoms with E-state index in [1.54, 1.807) is 36.0 Å². The Balaban J connectivity index is 1.87. The van der Waals surface area contributed by atoms with Gasteiger partial charge in [-0.3, -0.25) is 14.2 Å². The number of carbonyl (C=O) groups is 1. The molecule has 2 heterocycles. The Morgan fingerprint density at radius 3 is 2.59 bits per heavy atom. The highest BCUT2D eigenvalue weighted by atomic mass is 32.2. The lowest BCUT2D eigenvalue weighted by Gasteiger charge is -2.15. The summed E-state index contributed by atoms with van der Waals surface area (Å²) < 4.78 is 7.22. The van der Waals surface area contributed by atoms with Gasteiger partial charge >= 0.3 is 0 Å². The van der Waals surface area contributed by atoms with Crippen LogP contribution in [0.4, 0.5) is 0 Å². The maximum atomic E-state index is 13.7. The van der Waals surface area contributed by atoms with Crippen LogP contribution in [0.25, 0.3) is 15.9 Å². The number of ketones is 1. The number of methoxy groups -OCH3 is 1. The van der Waals surface area contributed by atoms with Crippen LogP contribution in [0.2, 0.25) is 0 Å². The van der Waals surface area contributed by atoms with Gasteiger partial charge in [0.25, 0.3) is 5.56 Å². The van der Waals surface area contributed by atoms with Crippen molar-refractivity contribution in [1.29, 1.82) is 0 Å². The van der Waals surface area contributed by atoms with Crippen molar-refractivity contribution in [2.24, 2.45) is 0 Å². The lowest BCUT2D eigenvalue weighted by molar-refractivity contribution is 0.101. The lowest BCUT2D eigenvalue weighted by Crippen LogP contribution is -2.22. The fourth-order valence-electron chi connectivity index (χ4n) is 3.65. The molecule has 0 saturated heterocycles. The number of para-hydroxylation sites is 1. The molecule has 0 saturated carbocycles. The minimum atomic E-state index is -0.0573. The number of ether oxygens (including phenoxy) is 1. The van der Waals surface area contributed by atoms with Gasteiger partial charge in [0.15, 0.2) is 10.9 Å². The number of nitrogens with zero attached hydrogens (tertiary/aromatic N) is 2. The third kappa shape index (κ3) is 3.98. The minimum absolute atomic E-state index is 0.000183. The second-order valence-electron chi connectivity index (χ2n) is 7.66. The van der Waals surface area contributed by atoms with Crippen LogP contribution in [0, 0.1) is 20.8 Å². The first-order chi connectivity index (χ1) is 15.3. The Labute approximate surface area is 195 Å². The number of carbonyl (C=O) groups excluding carboxylic acids is 1. The third-order valence-corrected chi connectivity index (χ3v) is 7.66. The smallest absolute Gasteiger partial charge is 0.267 e. The molecule has 0 unspecified atom stereocenters. The highest BCUT2D eigenvalue weighted by Gasteiger charge is 2.19. The fourth-order valence-corrected chi connectivity index (χ4v) is 5.71. The van der Waals surface area contributed by atoms with Crippen molar-refractivity contribution in [2.75, 3.05) is 7.11 Å². The molecule has 0 aliphatic carbocycles. The summed E-state index contributed by atoms with van der Waals surface area (Å²) in [6.45, 7) is 7.53.